The third kappa shape index (κ3) is 6.22. The summed E-state index contributed by atoms with van der Waals surface area (Å²) in [5.41, 5.74) is 0. The number of hydrogen-bond acceptors (Lipinski definition) is 0. The second-order valence-corrected chi connectivity index (χ2v) is 5.68. The molecule has 1 aliphatic rings. The van der Waals surface area contributed by atoms with E-state index >= 15 is 0 Å². The summed E-state index contributed by atoms with van der Waals surface area (Å²) in [6.07, 6.45) is 16.3. The van der Waals surface area contributed by atoms with Gasteiger partial charge in [0, 0.05) is 0 Å². The van der Waals surface area contributed by atoms with E-state index in [1.165, 1.54) is 70.6 Å². The molecule has 1 rings (SSSR count). The number of rotatable bonds is 7. The molecule has 0 aliphatic heterocycles. The second kappa shape index (κ2) is 8.19. The molecule has 1 fully saturated rings. The van der Waals surface area contributed by atoms with Gasteiger partial charge in [0.1, 0.15) is 0 Å². The van der Waals surface area contributed by atoms with Gasteiger partial charge >= 0.3 is 0 Å². The first-order chi connectivity index (χ1) is 7.33. The van der Waals surface area contributed by atoms with Crippen molar-refractivity contribution < 1.29 is 0 Å². The third-order valence-corrected chi connectivity index (χ3v) is 4.09. The molecule has 1 unspecified atom stereocenters. The highest BCUT2D eigenvalue weighted by atomic mass is 14.2. The van der Waals surface area contributed by atoms with E-state index in [4.69, 9.17) is 0 Å². The van der Waals surface area contributed by atoms with Crippen molar-refractivity contribution in [2.45, 2.75) is 84.5 Å². The molecular weight excluding hydrogens is 180 g/mol. The van der Waals surface area contributed by atoms with Gasteiger partial charge < -0.3 is 0 Å². The van der Waals surface area contributed by atoms with Crippen LogP contribution in [0.25, 0.3) is 0 Å². The quantitative estimate of drug-likeness (QED) is 0.482. The molecule has 0 radical (unpaired) electrons. The Bertz CT molecular complexity index is 133. The first-order valence-corrected chi connectivity index (χ1v) is 7.33. The van der Waals surface area contributed by atoms with Crippen molar-refractivity contribution >= 4 is 0 Å². The van der Waals surface area contributed by atoms with E-state index in [-0.39, 0.29) is 0 Å². The number of hydrogen-bond donors (Lipinski definition) is 0. The maximum atomic E-state index is 2.46. The molecule has 0 aromatic rings. The minimum Gasteiger partial charge on any atom is -0.0654 e. The van der Waals surface area contributed by atoms with Crippen LogP contribution in [0.4, 0.5) is 0 Å². The zero-order chi connectivity index (χ0) is 10.9. The molecule has 90 valence electrons. The lowest BCUT2D eigenvalue weighted by atomic mass is 9.84. The third-order valence-electron chi connectivity index (χ3n) is 4.09. The minimum atomic E-state index is 0.985. The topological polar surface area (TPSA) is 0 Å². The van der Waals surface area contributed by atoms with Gasteiger partial charge in [0.2, 0.25) is 0 Å². The van der Waals surface area contributed by atoms with Crippen molar-refractivity contribution in [2.75, 3.05) is 0 Å². The second-order valence-electron chi connectivity index (χ2n) is 5.68. The molecule has 0 saturated heterocycles. The molecular formula is C15H30. The van der Waals surface area contributed by atoms with Crippen LogP contribution in [0, 0.1) is 11.8 Å². The van der Waals surface area contributed by atoms with Crippen LogP contribution in [0.15, 0.2) is 0 Å². The van der Waals surface area contributed by atoms with Gasteiger partial charge in [0.15, 0.2) is 0 Å². The Morgan fingerprint density at radius 3 is 2.40 bits per heavy atom. The average Bonchev–Trinajstić information content (AvgIpc) is 2.28. The van der Waals surface area contributed by atoms with Gasteiger partial charge in [-0.3, -0.25) is 0 Å². The molecule has 15 heavy (non-hydrogen) atoms. The van der Waals surface area contributed by atoms with Crippen LogP contribution in [0.2, 0.25) is 0 Å². The molecule has 1 aliphatic carbocycles. The maximum absolute atomic E-state index is 2.46. The molecule has 1 saturated carbocycles. The van der Waals surface area contributed by atoms with Crippen LogP contribution in [-0.2, 0) is 0 Å². The first kappa shape index (κ1) is 13.1. The molecule has 0 heterocycles. The minimum absolute atomic E-state index is 0.985. The summed E-state index contributed by atoms with van der Waals surface area (Å²) in [4.78, 5) is 0. The Morgan fingerprint density at radius 2 is 1.73 bits per heavy atom. The van der Waals surface area contributed by atoms with Crippen LogP contribution >= 0.6 is 0 Å². The smallest absolute Gasteiger partial charge is 0.0414 e. The van der Waals surface area contributed by atoms with E-state index < -0.39 is 0 Å². The molecule has 0 bridgehead atoms. The lowest BCUT2D eigenvalue weighted by Gasteiger charge is -2.22. The van der Waals surface area contributed by atoms with Gasteiger partial charge in [-0.2, -0.15) is 0 Å². The van der Waals surface area contributed by atoms with E-state index in [0.29, 0.717) is 0 Å². The summed E-state index contributed by atoms with van der Waals surface area (Å²) in [6, 6.07) is 0. The normalized spacial score (nSPS) is 20.4. The fraction of sp³-hybridized carbons (Fsp3) is 1.00. The molecule has 0 aromatic heterocycles. The van der Waals surface area contributed by atoms with Crippen LogP contribution in [0.5, 0.6) is 0 Å². The summed E-state index contributed by atoms with van der Waals surface area (Å²) in [5.74, 6) is 2.07. The van der Waals surface area contributed by atoms with Crippen molar-refractivity contribution in [2.24, 2.45) is 11.8 Å². The fourth-order valence-electron chi connectivity index (χ4n) is 2.88. The SMILES string of the molecule is CCCCCC(C)CCC1CCCCC1. The van der Waals surface area contributed by atoms with E-state index in [1.54, 1.807) is 0 Å². The zero-order valence-electron chi connectivity index (χ0n) is 10.9. The predicted octanol–water partition coefficient (Wildman–Crippen LogP) is 5.56. The Kier molecular flexibility index (Phi) is 7.13. The highest BCUT2D eigenvalue weighted by Crippen LogP contribution is 2.29. The first-order valence-electron chi connectivity index (χ1n) is 7.33. The lowest BCUT2D eigenvalue weighted by Crippen LogP contribution is -2.08. The van der Waals surface area contributed by atoms with Crippen LogP contribution in [-0.4, -0.2) is 0 Å². The van der Waals surface area contributed by atoms with Gasteiger partial charge in [0.05, 0.1) is 0 Å². The Labute approximate surface area is 96.8 Å². The van der Waals surface area contributed by atoms with Crippen molar-refractivity contribution in [1.82, 2.24) is 0 Å². The predicted molar refractivity (Wildman–Crippen MR) is 69.1 cm³/mol. The fourth-order valence-corrected chi connectivity index (χ4v) is 2.88. The molecule has 1 atom stereocenters. The van der Waals surface area contributed by atoms with Gasteiger partial charge in [-0.1, -0.05) is 84.5 Å². The molecule has 0 spiro atoms. The van der Waals surface area contributed by atoms with E-state index in [0.717, 1.165) is 11.8 Å². The Balaban J connectivity index is 1.97. The van der Waals surface area contributed by atoms with Gasteiger partial charge in [-0.15, -0.1) is 0 Å². The van der Waals surface area contributed by atoms with E-state index in [9.17, 15) is 0 Å². The van der Waals surface area contributed by atoms with Crippen molar-refractivity contribution in [3.63, 3.8) is 0 Å². The summed E-state index contributed by atoms with van der Waals surface area (Å²) in [6.45, 7) is 4.76. The highest BCUT2D eigenvalue weighted by Gasteiger charge is 2.14. The summed E-state index contributed by atoms with van der Waals surface area (Å²) in [5, 5.41) is 0. The molecule has 0 N–H and O–H groups in total. The Hall–Kier alpha value is 0. The van der Waals surface area contributed by atoms with Crippen LogP contribution in [0.3, 0.4) is 0 Å². The molecule has 0 aromatic carbocycles. The van der Waals surface area contributed by atoms with Crippen LogP contribution in [0.1, 0.15) is 84.5 Å². The zero-order valence-corrected chi connectivity index (χ0v) is 10.9. The van der Waals surface area contributed by atoms with E-state index in [2.05, 4.69) is 13.8 Å². The highest BCUT2D eigenvalue weighted by molar-refractivity contribution is 4.67. The van der Waals surface area contributed by atoms with Crippen LogP contribution < -0.4 is 0 Å². The lowest BCUT2D eigenvalue weighted by molar-refractivity contribution is 0.306. The summed E-state index contributed by atoms with van der Waals surface area (Å²) in [7, 11) is 0. The number of unbranched alkanes of at least 4 members (excludes halogenated alkanes) is 2. The van der Waals surface area contributed by atoms with Gasteiger partial charge in [-0.25, -0.2) is 0 Å². The monoisotopic (exact) mass is 210 g/mol. The Morgan fingerprint density at radius 1 is 1.00 bits per heavy atom. The summed E-state index contributed by atoms with van der Waals surface area (Å²) >= 11 is 0. The summed E-state index contributed by atoms with van der Waals surface area (Å²) < 4.78 is 0. The van der Waals surface area contributed by atoms with Gasteiger partial charge in [-0.05, 0) is 11.8 Å². The average molecular weight is 210 g/mol. The largest absolute Gasteiger partial charge is 0.0654 e. The maximum Gasteiger partial charge on any atom is -0.0414 e. The van der Waals surface area contributed by atoms with Crippen molar-refractivity contribution in [1.29, 1.82) is 0 Å². The molecule has 0 amide bonds. The molecule has 0 nitrogen and oxygen atoms in total. The van der Waals surface area contributed by atoms with Crippen molar-refractivity contribution in [3.05, 3.63) is 0 Å². The standard InChI is InChI=1S/C15H30/c1-3-4-6-9-14(2)12-13-15-10-7-5-8-11-15/h14-15H,3-13H2,1-2H3. The van der Waals surface area contributed by atoms with Gasteiger partial charge in [0.25, 0.3) is 0 Å². The molecule has 0 heteroatoms. The van der Waals surface area contributed by atoms with E-state index in [1.807, 2.05) is 0 Å². The van der Waals surface area contributed by atoms with Crippen molar-refractivity contribution in [3.8, 4) is 0 Å².